The van der Waals surface area contributed by atoms with Crippen molar-refractivity contribution in [2.45, 2.75) is 19.8 Å². The highest BCUT2D eigenvalue weighted by Crippen LogP contribution is 2.32. The van der Waals surface area contributed by atoms with E-state index in [1.807, 2.05) is 6.08 Å². The van der Waals surface area contributed by atoms with Crippen LogP contribution < -0.4 is 0 Å². The van der Waals surface area contributed by atoms with E-state index in [2.05, 4.69) is 6.92 Å². The third kappa shape index (κ3) is 1.73. The van der Waals surface area contributed by atoms with Gasteiger partial charge in [0.25, 0.3) is 0 Å². The van der Waals surface area contributed by atoms with Gasteiger partial charge in [0.05, 0.1) is 5.56 Å². The maximum Gasteiger partial charge on any atom is 0.344 e. The maximum absolute atomic E-state index is 11.4. The first-order valence-electron chi connectivity index (χ1n) is 4.98. The van der Waals surface area contributed by atoms with Gasteiger partial charge in [-0.3, -0.25) is 0 Å². The Hall–Kier alpha value is -1.77. The third-order valence-corrected chi connectivity index (χ3v) is 2.31. The Morgan fingerprint density at radius 2 is 2.20 bits per heavy atom. The minimum absolute atomic E-state index is 0.148. The molecule has 0 fully saturated rings. The lowest BCUT2D eigenvalue weighted by Gasteiger charge is -1.98. The summed E-state index contributed by atoms with van der Waals surface area (Å²) in [6.45, 7) is 2.05. The zero-order chi connectivity index (χ0) is 10.8. The highest BCUT2D eigenvalue weighted by atomic mass is 16.5. The molecule has 0 aliphatic carbocycles. The van der Waals surface area contributed by atoms with Gasteiger partial charge >= 0.3 is 5.97 Å². The quantitative estimate of drug-likeness (QED) is 0.753. The molecule has 0 saturated heterocycles. The van der Waals surface area contributed by atoms with Crippen LogP contribution in [0, 0.1) is 0 Å². The van der Waals surface area contributed by atoms with Crippen LogP contribution in [-0.4, -0.2) is 11.1 Å². The fraction of sp³-hybridized carbons (Fsp3) is 0.250. The van der Waals surface area contributed by atoms with Gasteiger partial charge in [-0.25, -0.2) is 4.79 Å². The number of fused-ring (bicyclic) bond motifs is 1. The van der Waals surface area contributed by atoms with Crippen molar-refractivity contribution in [2.24, 2.45) is 0 Å². The van der Waals surface area contributed by atoms with E-state index in [1.165, 1.54) is 6.07 Å². The van der Waals surface area contributed by atoms with Gasteiger partial charge in [0.1, 0.15) is 11.5 Å². The Balaban J connectivity index is 2.44. The molecule has 1 aromatic carbocycles. The highest BCUT2D eigenvalue weighted by Gasteiger charge is 2.26. The van der Waals surface area contributed by atoms with E-state index in [9.17, 15) is 9.90 Å². The zero-order valence-electron chi connectivity index (χ0n) is 8.49. The van der Waals surface area contributed by atoms with E-state index in [-0.39, 0.29) is 11.7 Å². The smallest absolute Gasteiger partial charge is 0.344 e. The van der Waals surface area contributed by atoms with Gasteiger partial charge < -0.3 is 9.84 Å². The first-order chi connectivity index (χ1) is 7.22. The summed E-state index contributed by atoms with van der Waals surface area (Å²) in [5, 5.41) is 9.33. The summed E-state index contributed by atoms with van der Waals surface area (Å²) in [5.41, 5.74) is 1.21. The van der Waals surface area contributed by atoms with Gasteiger partial charge in [0.2, 0.25) is 0 Å². The second-order valence-electron chi connectivity index (χ2n) is 3.48. The standard InChI is InChI=1S/C12H12O3/c1-2-3-4-11-10-7-8(13)5-6-9(10)12(14)15-11/h4-7,13H,2-3H2,1H3. The molecule has 1 N–H and O–H groups in total. The van der Waals surface area contributed by atoms with Crippen LogP contribution in [0.1, 0.15) is 35.7 Å². The number of aromatic hydroxyl groups is 1. The first-order valence-corrected chi connectivity index (χ1v) is 4.98. The summed E-state index contributed by atoms with van der Waals surface area (Å²) in [7, 11) is 0. The van der Waals surface area contributed by atoms with Crippen molar-refractivity contribution in [1.29, 1.82) is 0 Å². The number of rotatable bonds is 2. The first kappa shape index (κ1) is 9.77. The molecule has 2 rings (SSSR count). The second kappa shape index (κ2) is 3.77. The Kier molecular flexibility index (Phi) is 2.46. The number of benzene rings is 1. The van der Waals surface area contributed by atoms with Gasteiger partial charge in [-0.05, 0) is 30.7 Å². The molecular formula is C12H12O3. The molecule has 1 aliphatic rings. The lowest BCUT2D eigenvalue weighted by atomic mass is 10.1. The number of cyclic esters (lactones) is 1. The number of allylic oxidation sites excluding steroid dienone is 1. The fourth-order valence-corrected chi connectivity index (χ4v) is 1.55. The number of ether oxygens (including phenoxy) is 1. The van der Waals surface area contributed by atoms with Crippen molar-refractivity contribution in [3.8, 4) is 5.75 Å². The molecule has 78 valence electrons. The Morgan fingerprint density at radius 3 is 2.93 bits per heavy atom. The van der Waals surface area contributed by atoms with Crippen LogP contribution in [0.2, 0.25) is 0 Å². The number of carbonyl (C=O) groups is 1. The summed E-state index contributed by atoms with van der Waals surface area (Å²) in [6, 6.07) is 4.63. The normalized spacial score (nSPS) is 16.6. The predicted octanol–water partition coefficient (Wildman–Crippen LogP) is 2.70. The van der Waals surface area contributed by atoms with Crippen LogP contribution in [0.15, 0.2) is 24.3 Å². The van der Waals surface area contributed by atoms with E-state index in [4.69, 9.17) is 4.74 Å². The fourth-order valence-electron chi connectivity index (χ4n) is 1.55. The molecule has 0 aromatic heterocycles. The summed E-state index contributed by atoms with van der Waals surface area (Å²) < 4.78 is 5.10. The number of unbranched alkanes of at least 4 members (excludes halogenated alkanes) is 1. The number of phenols is 1. The molecule has 1 aliphatic heterocycles. The summed E-state index contributed by atoms with van der Waals surface area (Å²) in [6.07, 6.45) is 3.73. The van der Waals surface area contributed by atoms with Crippen LogP contribution in [0.5, 0.6) is 5.75 Å². The van der Waals surface area contributed by atoms with Crippen molar-refractivity contribution >= 4 is 11.7 Å². The molecule has 0 spiro atoms. The van der Waals surface area contributed by atoms with Crippen molar-refractivity contribution in [3.63, 3.8) is 0 Å². The van der Waals surface area contributed by atoms with Gasteiger partial charge in [-0.2, -0.15) is 0 Å². The van der Waals surface area contributed by atoms with Gasteiger partial charge in [0.15, 0.2) is 0 Å². The maximum atomic E-state index is 11.4. The second-order valence-corrected chi connectivity index (χ2v) is 3.48. The molecular weight excluding hydrogens is 192 g/mol. The molecule has 0 radical (unpaired) electrons. The van der Waals surface area contributed by atoms with Gasteiger partial charge in [0, 0.05) is 5.56 Å². The van der Waals surface area contributed by atoms with Crippen LogP contribution >= 0.6 is 0 Å². The molecule has 0 unspecified atom stereocenters. The molecule has 0 atom stereocenters. The van der Waals surface area contributed by atoms with Crippen molar-refractivity contribution in [2.75, 3.05) is 0 Å². The number of hydrogen-bond donors (Lipinski definition) is 1. The summed E-state index contributed by atoms with van der Waals surface area (Å²) in [4.78, 5) is 11.4. The molecule has 3 heteroatoms. The van der Waals surface area contributed by atoms with Crippen molar-refractivity contribution in [1.82, 2.24) is 0 Å². The van der Waals surface area contributed by atoms with Crippen molar-refractivity contribution in [3.05, 3.63) is 35.4 Å². The van der Waals surface area contributed by atoms with Gasteiger partial charge in [-0.15, -0.1) is 0 Å². The van der Waals surface area contributed by atoms with Crippen LogP contribution in [0.25, 0.3) is 5.76 Å². The number of phenolic OH excluding ortho intramolecular Hbond substituents is 1. The van der Waals surface area contributed by atoms with E-state index >= 15 is 0 Å². The van der Waals surface area contributed by atoms with E-state index in [0.717, 1.165) is 12.8 Å². The van der Waals surface area contributed by atoms with E-state index in [0.29, 0.717) is 16.9 Å². The Labute approximate surface area is 88.0 Å². The van der Waals surface area contributed by atoms with Crippen LogP contribution in [0.4, 0.5) is 0 Å². The lowest BCUT2D eigenvalue weighted by Crippen LogP contribution is -1.92. The molecule has 15 heavy (non-hydrogen) atoms. The highest BCUT2D eigenvalue weighted by molar-refractivity contribution is 6.03. The lowest BCUT2D eigenvalue weighted by molar-refractivity contribution is 0.0715. The minimum Gasteiger partial charge on any atom is -0.508 e. The van der Waals surface area contributed by atoms with Crippen LogP contribution in [0.3, 0.4) is 0 Å². The van der Waals surface area contributed by atoms with Crippen LogP contribution in [-0.2, 0) is 4.74 Å². The Bertz CT molecular complexity index is 432. The Morgan fingerprint density at radius 1 is 1.40 bits per heavy atom. The number of carbonyl (C=O) groups excluding carboxylic acids is 1. The number of esters is 1. The third-order valence-electron chi connectivity index (χ3n) is 2.31. The van der Waals surface area contributed by atoms with Crippen molar-refractivity contribution < 1.29 is 14.6 Å². The van der Waals surface area contributed by atoms with E-state index < -0.39 is 0 Å². The zero-order valence-corrected chi connectivity index (χ0v) is 8.49. The SMILES string of the molecule is CCCC=C1OC(=O)c2ccc(O)cc21. The molecule has 1 aromatic rings. The van der Waals surface area contributed by atoms with E-state index in [1.54, 1.807) is 12.1 Å². The molecule has 0 amide bonds. The molecule has 0 saturated carbocycles. The van der Waals surface area contributed by atoms with Gasteiger partial charge in [-0.1, -0.05) is 13.3 Å². The average Bonchev–Trinajstić information content (AvgIpc) is 2.52. The molecule has 1 heterocycles. The molecule has 3 nitrogen and oxygen atoms in total. The monoisotopic (exact) mass is 204 g/mol. The summed E-state index contributed by atoms with van der Waals surface area (Å²) in [5.74, 6) is 0.370. The summed E-state index contributed by atoms with van der Waals surface area (Å²) >= 11 is 0. The molecule has 0 bridgehead atoms. The minimum atomic E-state index is -0.340. The average molecular weight is 204 g/mol. The topological polar surface area (TPSA) is 46.5 Å². The number of hydrogen-bond acceptors (Lipinski definition) is 3. The largest absolute Gasteiger partial charge is 0.508 e. The predicted molar refractivity (Wildman–Crippen MR) is 56.4 cm³/mol.